The Balaban J connectivity index is 1.77. The molecule has 3 heterocycles. The molecule has 7 nitrogen and oxygen atoms in total. The molecule has 0 aliphatic carbocycles. The first kappa shape index (κ1) is 13.7. The maximum Gasteiger partial charge on any atom is 0.225 e. The van der Waals surface area contributed by atoms with Gasteiger partial charge in [0, 0.05) is 0 Å². The van der Waals surface area contributed by atoms with E-state index < -0.39 is 42.0 Å². The van der Waals surface area contributed by atoms with Gasteiger partial charge in [0.15, 0.2) is 24.0 Å². The summed E-state index contributed by atoms with van der Waals surface area (Å²) >= 11 is 0. The first-order valence-corrected chi connectivity index (χ1v) is 6.38. The molecule has 3 saturated heterocycles. The summed E-state index contributed by atoms with van der Waals surface area (Å²) in [5.74, 6) is -3.83. The summed E-state index contributed by atoms with van der Waals surface area (Å²) in [5.41, 5.74) is 0. The third-order valence-corrected chi connectivity index (χ3v) is 3.54. The predicted octanol–water partition coefficient (Wildman–Crippen LogP) is -0.305. The van der Waals surface area contributed by atoms with Crippen LogP contribution in [0.1, 0.15) is 27.7 Å². The number of hydrogen-bond acceptors (Lipinski definition) is 7. The first-order chi connectivity index (χ1) is 8.61. The molecule has 0 aromatic carbocycles. The van der Waals surface area contributed by atoms with Crippen molar-refractivity contribution >= 4 is 0 Å². The molecule has 7 heteroatoms. The molecule has 0 unspecified atom stereocenters. The summed E-state index contributed by atoms with van der Waals surface area (Å²) in [6, 6.07) is 0. The Kier molecular flexibility index (Phi) is 2.80. The molecule has 110 valence electrons. The second-order valence-electron chi connectivity index (χ2n) is 6.13. The Morgan fingerprint density at radius 2 is 1.58 bits per heavy atom. The van der Waals surface area contributed by atoms with Crippen molar-refractivity contribution in [2.75, 3.05) is 6.61 Å². The van der Waals surface area contributed by atoms with E-state index in [9.17, 15) is 10.2 Å². The molecule has 0 saturated carbocycles. The number of fused-ring (bicyclic) bond motifs is 1. The molecule has 0 spiro atoms. The molecular weight excluding hydrogens is 256 g/mol. The molecule has 0 radical (unpaired) electrons. The first-order valence-electron chi connectivity index (χ1n) is 6.38. The highest BCUT2D eigenvalue weighted by Gasteiger charge is 2.65. The highest BCUT2D eigenvalue weighted by Crippen LogP contribution is 2.44. The molecule has 0 aromatic heterocycles. The van der Waals surface area contributed by atoms with Crippen LogP contribution in [0.4, 0.5) is 0 Å². The van der Waals surface area contributed by atoms with E-state index in [0.717, 1.165) is 0 Å². The molecule has 0 amide bonds. The minimum atomic E-state index is -2.17. The third kappa shape index (κ3) is 2.19. The fourth-order valence-corrected chi connectivity index (χ4v) is 2.75. The van der Waals surface area contributed by atoms with Gasteiger partial charge in [-0.2, -0.15) is 0 Å². The van der Waals surface area contributed by atoms with E-state index in [0.29, 0.717) is 0 Å². The molecule has 3 rings (SSSR count). The second kappa shape index (κ2) is 3.88. The van der Waals surface area contributed by atoms with Crippen LogP contribution in [0.3, 0.4) is 0 Å². The van der Waals surface area contributed by atoms with Gasteiger partial charge in [-0.05, 0) is 27.7 Å². The normalized spacial score (nSPS) is 46.4. The Labute approximate surface area is 111 Å². The van der Waals surface area contributed by atoms with Crippen molar-refractivity contribution in [2.24, 2.45) is 0 Å². The van der Waals surface area contributed by atoms with Crippen LogP contribution in [0, 0.1) is 0 Å². The summed E-state index contributed by atoms with van der Waals surface area (Å²) in [5, 5.41) is 20.6. The zero-order valence-corrected chi connectivity index (χ0v) is 11.5. The van der Waals surface area contributed by atoms with Crippen LogP contribution < -0.4 is 0 Å². The van der Waals surface area contributed by atoms with Gasteiger partial charge in [-0.1, -0.05) is 0 Å². The molecule has 19 heavy (non-hydrogen) atoms. The molecule has 0 bridgehead atoms. The van der Waals surface area contributed by atoms with Crippen LogP contribution in [-0.2, 0) is 23.7 Å². The summed E-state index contributed by atoms with van der Waals surface area (Å²) in [6.45, 7) is 7.13. The highest BCUT2D eigenvalue weighted by molar-refractivity contribution is 5.02. The van der Waals surface area contributed by atoms with E-state index >= 15 is 0 Å². The molecule has 4 atom stereocenters. The lowest BCUT2D eigenvalue weighted by Crippen LogP contribution is -2.54. The van der Waals surface area contributed by atoms with Crippen LogP contribution in [0.15, 0.2) is 0 Å². The Morgan fingerprint density at radius 3 is 2.11 bits per heavy atom. The fourth-order valence-electron chi connectivity index (χ4n) is 2.75. The van der Waals surface area contributed by atoms with E-state index in [2.05, 4.69) is 0 Å². The largest absolute Gasteiger partial charge is 0.361 e. The lowest BCUT2D eigenvalue weighted by molar-refractivity contribution is -0.297. The molecule has 3 aliphatic rings. The summed E-state index contributed by atoms with van der Waals surface area (Å²) in [4.78, 5) is 0. The van der Waals surface area contributed by atoms with Crippen molar-refractivity contribution in [1.82, 2.24) is 0 Å². The topological polar surface area (TPSA) is 86.6 Å². The third-order valence-electron chi connectivity index (χ3n) is 3.54. The van der Waals surface area contributed by atoms with E-state index in [-0.39, 0.29) is 6.61 Å². The number of hydrogen-bond donors (Lipinski definition) is 2. The SMILES string of the molecule is CC1(C)O[C@@H]2O[C@@H]([C@H]3COC(C)(C)O3)C(O)(O)[C@@H]2O1. The van der Waals surface area contributed by atoms with Crippen molar-refractivity contribution < 1.29 is 33.9 Å². The smallest absolute Gasteiger partial charge is 0.225 e. The van der Waals surface area contributed by atoms with Crippen molar-refractivity contribution in [3.8, 4) is 0 Å². The average molecular weight is 276 g/mol. The van der Waals surface area contributed by atoms with Crippen LogP contribution in [0.5, 0.6) is 0 Å². The van der Waals surface area contributed by atoms with Crippen molar-refractivity contribution in [1.29, 1.82) is 0 Å². The minimum absolute atomic E-state index is 0.226. The van der Waals surface area contributed by atoms with Crippen molar-refractivity contribution in [3.63, 3.8) is 0 Å². The van der Waals surface area contributed by atoms with Gasteiger partial charge in [-0.15, -0.1) is 0 Å². The van der Waals surface area contributed by atoms with Gasteiger partial charge in [-0.25, -0.2) is 0 Å². The fraction of sp³-hybridized carbons (Fsp3) is 1.00. The monoisotopic (exact) mass is 276 g/mol. The molecule has 0 aromatic rings. The van der Waals surface area contributed by atoms with Gasteiger partial charge in [0.25, 0.3) is 0 Å². The molecule has 3 aliphatic heterocycles. The second-order valence-corrected chi connectivity index (χ2v) is 6.13. The predicted molar refractivity (Wildman–Crippen MR) is 60.8 cm³/mol. The van der Waals surface area contributed by atoms with Crippen molar-refractivity contribution in [3.05, 3.63) is 0 Å². The summed E-state index contributed by atoms with van der Waals surface area (Å²) in [6.07, 6.45) is -3.33. The Bertz CT molecular complexity index is 378. The summed E-state index contributed by atoms with van der Waals surface area (Å²) < 4.78 is 27.6. The minimum Gasteiger partial charge on any atom is -0.361 e. The maximum absolute atomic E-state index is 10.3. The lowest BCUT2D eigenvalue weighted by atomic mass is 10.0. The maximum atomic E-state index is 10.3. The molecule has 2 N–H and O–H groups in total. The number of ether oxygens (including phenoxy) is 5. The standard InChI is InChI=1S/C12H20O7/c1-10(2)15-5-6(17-10)7-12(13,14)8-9(16-7)19-11(3,4)18-8/h6-9,13-14H,5H2,1-4H3/t6-,7+,8-,9+/m1/s1. The van der Waals surface area contributed by atoms with Gasteiger partial charge in [0.1, 0.15) is 12.2 Å². The van der Waals surface area contributed by atoms with Crippen LogP contribution in [0.2, 0.25) is 0 Å². The van der Waals surface area contributed by atoms with Crippen LogP contribution in [0.25, 0.3) is 0 Å². The summed E-state index contributed by atoms with van der Waals surface area (Å²) in [7, 11) is 0. The van der Waals surface area contributed by atoms with Gasteiger partial charge in [-0.3, -0.25) is 0 Å². The van der Waals surface area contributed by atoms with Gasteiger partial charge >= 0.3 is 0 Å². The average Bonchev–Trinajstić information content (AvgIpc) is 2.80. The number of rotatable bonds is 1. The molecule has 3 fully saturated rings. The van der Waals surface area contributed by atoms with Gasteiger partial charge < -0.3 is 33.9 Å². The van der Waals surface area contributed by atoms with Crippen molar-refractivity contribution in [2.45, 2.75) is 69.7 Å². The Hall–Kier alpha value is -0.280. The van der Waals surface area contributed by atoms with Crippen LogP contribution >= 0.6 is 0 Å². The highest BCUT2D eigenvalue weighted by atomic mass is 16.9. The molecular formula is C12H20O7. The zero-order chi connectivity index (χ0) is 14.1. The quantitative estimate of drug-likeness (QED) is 0.635. The van der Waals surface area contributed by atoms with E-state index in [1.807, 2.05) is 0 Å². The van der Waals surface area contributed by atoms with E-state index in [1.54, 1.807) is 27.7 Å². The van der Waals surface area contributed by atoms with E-state index in [4.69, 9.17) is 23.7 Å². The lowest BCUT2D eigenvalue weighted by Gasteiger charge is -2.31. The van der Waals surface area contributed by atoms with Gasteiger partial charge in [0.05, 0.1) is 6.61 Å². The Morgan fingerprint density at radius 1 is 0.895 bits per heavy atom. The van der Waals surface area contributed by atoms with Gasteiger partial charge in [0.2, 0.25) is 5.79 Å². The van der Waals surface area contributed by atoms with E-state index in [1.165, 1.54) is 0 Å². The number of aliphatic hydroxyl groups is 2. The zero-order valence-electron chi connectivity index (χ0n) is 11.5. The van der Waals surface area contributed by atoms with Crippen LogP contribution in [-0.4, -0.2) is 58.8 Å².